The first-order valence-corrected chi connectivity index (χ1v) is 5.36. The molecule has 0 aromatic heterocycles. The molecule has 0 bridgehead atoms. The number of hydrogen-bond acceptors (Lipinski definition) is 2. The highest BCUT2D eigenvalue weighted by Crippen LogP contribution is 2.12. The average Bonchev–Trinajstić information content (AvgIpc) is 2.17. The number of nitrogens with zero attached hydrogens (tertiary/aromatic N) is 1. The van der Waals surface area contributed by atoms with E-state index in [1.165, 1.54) is 0 Å². The molecule has 0 saturated heterocycles. The number of aromatic hydroxyl groups is 1. The molecular weight excluding hydrogens is 198 g/mol. The fourth-order valence-electron chi connectivity index (χ4n) is 1.38. The molecule has 3 heteroatoms. The molecule has 1 N–H and O–H groups in total. The zero-order valence-electron chi connectivity index (χ0n) is 8.41. The number of alkyl halides is 1. The summed E-state index contributed by atoms with van der Waals surface area (Å²) in [5.74, 6) is 0.969. The van der Waals surface area contributed by atoms with Gasteiger partial charge in [-0.3, -0.25) is 4.90 Å². The van der Waals surface area contributed by atoms with E-state index in [4.69, 9.17) is 11.6 Å². The lowest BCUT2D eigenvalue weighted by atomic mass is 10.2. The van der Waals surface area contributed by atoms with Crippen LogP contribution < -0.4 is 0 Å². The normalized spacial score (nSPS) is 10.8. The van der Waals surface area contributed by atoms with E-state index in [2.05, 4.69) is 11.8 Å². The van der Waals surface area contributed by atoms with Gasteiger partial charge < -0.3 is 5.11 Å². The maximum Gasteiger partial charge on any atom is 0.115 e. The van der Waals surface area contributed by atoms with Crippen molar-refractivity contribution in [3.63, 3.8) is 0 Å². The predicted molar refractivity (Wildman–Crippen MR) is 59.8 cm³/mol. The predicted octanol–water partition coefficient (Wildman–Crippen LogP) is 2.45. The van der Waals surface area contributed by atoms with Gasteiger partial charge in [-0.05, 0) is 24.2 Å². The minimum atomic E-state index is 0.324. The van der Waals surface area contributed by atoms with Crippen molar-refractivity contribution in [2.45, 2.75) is 13.5 Å². The molecule has 0 aliphatic rings. The van der Waals surface area contributed by atoms with Crippen LogP contribution in [0, 0.1) is 0 Å². The van der Waals surface area contributed by atoms with Crippen molar-refractivity contribution in [1.29, 1.82) is 0 Å². The number of rotatable bonds is 5. The Morgan fingerprint density at radius 1 is 1.43 bits per heavy atom. The highest BCUT2D eigenvalue weighted by atomic mass is 35.5. The molecule has 0 fully saturated rings. The van der Waals surface area contributed by atoms with Crippen LogP contribution in [0.15, 0.2) is 24.3 Å². The molecule has 0 spiro atoms. The van der Waals surface area contributed by atoms with Crippen LogP contribution in [0.4, 0.5) is 0 Å². The fraction of sp³-hybridized carbons (Fsp3) is 0.455. The van der Waals surface area contributed by atoms with Gasteiger partial charge in [-0.2, -0.15) is 0 Å². The van der Waals surface area contributed by atoms with Gasteiger partial charge in [0.05, 0.1) is 0 Å². The van der Waals surface area contributed by atoms with E-state index in [1.54, 1.807) is 12.1 Å². The monoisotopic (exact) mass is 213 g/mol. The second kappa shape index (κ2) is 5.89. The molecule has 0 heterocycles. The first-order valence-electron chi connectivity index (χ1n) is 4.82. The van der Waals surface area contributed by atoms with Gasteiger partial charge in [0.1, 0.15) is 5.75 Å². The van der Waals surface area contributed by atoms with Crippen LogP contribution in [0.3, 0.4) is 0 Å². The minimum absolute atomic E-state index is 0.324. The number of phenols is 1. The molecule has 0 amide bonds. The minimum Gasteiger partial charge on any atom is -0.508 e. The lowest BCUT2D eigenvalue weighted by molar-refractivity contribution is 0.297. The Morgan fingerprint density at radius 3 is 2.79 bits per heavy atom. The molecule has 2 nitrogen and oxygen atoms in total. The van der Waals surface area contributed by atoms with E-state index in [-0.39, 0.29) is 0 Å². The number of phenolic OH excluding ortho intramolecular Hbond substituents is 1. The van der Waals surface area contributed by atoms with E-state index in [1.807, 2.05) is 12.1 Å². The van der Waals surface area contributed by atoms with Crippen molar-refractivity contribution in [2.24, 2.45) is 0 Å². The Morgan fingerprint density at radius 2 is 2.21 bits per heavy atom. The zero-order chi connectivity index (χ0) is 10.4. The number of hydrogen-bond donors (Lipinski definition) is 1. The van der Waals surface area contributed by atoms with Crippen molar-refractivity contribution in [2.75, 3.05) is 19.0 Å². The standard InChI is InChI=1S/C11H16ClNO/c1-2-13(7-6-12)9-10-4-3-5-11(14)8-10/h3-5,8,14H,2,6-7,9H2,1H3. The molecule has 1 aromatic rings. The molecule has 0 saturated carbocycles. The highest BCUT2D eigenvalue weighted by molar-refractivity contribution is 6.18. The zero-order valence-corrected chi connectivity index (χ0v) is 9.17. The van der Waals surface area contributed by atoms with Crippen LogP contribution in [0.2, 0.25) is 0 Å². The highest BCUT2D eigenvalue weighted by Gasteiger charge is 2.02. The average molecular weight is 214 g/mol. The summed E-state index contributed by atoms with van der Waals surface area (Å²) in [6, 6.07) is 7.34. The largest absolute Gasteiger partial charge is 0.508 e. The summed E-state index contributed by atoms with van der Waals surface area (Å²) < 4.78 is 0. The summed E-state index contributed by atoms with van der Waals surface area (Å²) in [5.41, 5.74) is 1.12. The Balaban J connectivity index is 2.57. The molecule has 0 radical (unpaired) electrons. The van der Waals surface area contributed by atoms with Crippen LogP contribution in [0.1, 0.15) is 12.5 Å². The maximum atomic E-state index is 9.28. The topological polar surface area (TPSA) is 23.5 Å². The summed E-state index contributed by atoms with van der Waals surface area (Å²) in [4.78, 5) is 2.24. The molecule has 1 rings (SSSR count). The second-order valence-electron chi connectivity index (χ2n) is 3.23. The summed E-state index contributed by atoms with van der Waals surface area (Å²) in [5, 5.41) is 9.28. The van der Waals surface area contributed by atoms with Gasteiger partial charge in [-0.15, -0.1) is 11.6 Å². The first-order chi connectivity index (χ1) is 6.76. The van der Waals surface area contributed by atoms with E-state index < -0.39 is 0 Å². The third-order valence-electron chi connectivity index (χ3n) is 2.16. The van der Waals surface area contributed by atoms with Crippen molar-refractivity contribution in [1.82, 2.24) is 4.90 Å². The molecule has 0 aliphatic heterocycles. The Hall–Kier alpha value is -0.730. The fourth-order valence-corrected chi connectivity index (χ4v) is 1.62. The van der Waals surface area contributed by atoms with Gasteiger partial charge >= 0.3 is 0 Å². The molecule has 14 heavy (non-hydrogen) atoms. The maximum absolute atomic E-state index is 9.28. The quantitative estimate of drug-likeness (QED) is 0.760. The summed E-state index contributed by atoms with van der Waals surface area (Å²) in [6.07, 6.45) is 0. The smallest absolute Gasteiger partial charge is 0.115 e. The summed E-state index contributed by atoms with van der Waals surface area (Å²) >= 11 is 5.68. The van der Waals surface area contributed by atoms with E-state index in [0.717, 1.165) is 25.2 Å². The van der Waals surface area contributed by atoms with Crippen LogP contribution >= 0.6 is 11.6 Å². The number of halogens is 1. The number of benzene rings is 1. The molecular formula is C11H16ClNO. The molecule has 0 aliphatic carbocycles. The molecule has 78 valence electrons. The van der Waals surface area contributed by atoms with Gasteiger partial charge in [-0.25, -0.2) is 0 Å². The Labute approximate surface area is 90.1 Å². The van der Waals surface area contributed by atoms with Gasteiger partial charge in [0, 0.05) is 19.0 Å². The van der Waals surface area contributed by atoms with Crippen LogP contribution in [-0.4, -0.2) is 29.0 Å². The van der Waals surface area contributed by atoms with Gasteiger partial charge in [0.15, 0.2) is 0 Å². The first kappa shape index (κ1) is 11.3. The van der Waals surface area contributed by atoms with Crippen LogP contribution in [0.25, 0.3) is 0 Å². The van der Waals surface area contributed by atoms with Gasteiger partial charge in [0.25, 0.3) is 0 Å². The Bertz CT molecular complexity index is 278. The van der Waals surface area contributed by atoms with Crippen molar-refractivity contribution in [3.05, 3.63) is 29.8 Å². The van der Waals surface area contributed by atoms with Crippen molar-refractivity contribution in [3.8, 4) is 5.75 Å². The van der Waals surface area contributed by atoms with Crippen LogP contribution in [0.5, 0.6) is 5.75 Å². The lowest BCUT2D eigenvalue weighted by Gasteiger charge is -2.18. The van der Waals surface area contributed by atoms with Gasteiger partial charge in [-0.1, -0.05) is 19.1 Å². The van der Waals surface area contributed by atoms with E-state index >= 15 is 0 Å². The van der Waals surface area contributed by atoms with Crippen LogP contribution in [-0.2, 0) is 6.54 Å². The SMILES string of the molecule is CCN(CCCl)Cc1cccc(O)c1. The van der Waals surface area contributed by atoms with Crippen molar-refractivity contribution < 1.29 is 5.11 Å². The summed E-state index contributed by atoms with van der Waals surface area (Å²) in [6.45, 7) is 4.81. The third-order valence-corrected chi connectivity index (χ3v) is 2.33. The molecule has 0 atom stereocenters. The van der Waals surface area contributed by atoms with Gasteiger partial charge in [0.2, 0.25) is 0 Å². The molecule has 0 unspecified atom stereocenters. The summed E-state index contributed by atoms with van der Waals surface area (Å²) in [7, 11) is 0. The third kappa shape index (κ3) is 3.56. The second-order valence-corrected chi connectivity index (χ2v) is 3.61. The van der Waals surface area contributed by atoms with E-state index in [9.17, 15) is 5.11 Å². The molecule has 1 aromatic carbocycles. The lowest BCUT2D eigenvalue weighted by Crippen LogP contribution is -2.24. The Kier molecular flexibility index (Phi) is 4.77. The van der Waals surface area contributed by atoms with E-state index in [0.29, 0.717) is 11.6 Å². The van der Waals surface area contributed by atoms with Crippen molar-refractivity contribution >= 4 is 11.6 Å².